The maximum atomic E-state index is 12.4. The molecule has 0 spiro atoms. The molecule has 0 radical (unpaired) electrons. The lowest BCUT2D eigenvalue weighted by atomic mass is 10.0. The van der Waals surface area contributed by atoms with Gasteiger partial charge in [-0.25, -0.2) is 0 Å². The minimum Gasteiger partial charge on any atom is -0.334 e. The number of aromatic nitrogens is 1. The zero-order valence-electron chi connectivity index (χ0n) is 11.7. The van der Waals surface area contributed by atoms with Crippen LogP contribution in [0.25, 0.3) is 0 Å². The molecule has 0 unspecified atom stereocenters. The van der Waals surface area contributed by atoms with Crippen LogP contribution in [0.2, 0.25) is 0 Å². The van der Waals surface area contributed by atoms with Gasteiger partial charge in [-0.1, -0.05) is 19.9 Å². The lowest BCUT2D eigenvalue weighted by molar-refractivity contribution is -0.134. The molecule has 1 heterocycles. The van der Waals surface area contributed by atoms with Crippen molar-refractivity contribution in [1.82, 2.24) is 9.88 Å². The number of pyridine rings is 1. The van der Waals surface area contributed by atoms with E-state index in [1.54, 1.807) is 6.20 Å². The number of hydrogen-bond acceptors (Lipinski definition) is 3. The third kappa shape index (κ3) is 4.03. The third-order valence-corrected chi connectivity index (χ3v) is 3.39. The fourth-order valence-corrected chi connectivity index (χ4v) is 2.28. The van der Waals surface area contributed by atoms with E-state index >= 15 is 0 Å². The molecule has 4 nitrogen and oxygen atoms in total. The molecule has 2 N–H and O–H groups in total. The van der Waals surface area contributed by atoms with Crippen LogP contribution in [-0.4, -0.2) is 27.9 Å². The molecule has 104 valence electrons. The minimum atomic E-state index is -0.378. The summed E-state index contributed by atoms with van der Waals surface area (Å²) in [5, 5.41) is 0. The first-order valence-corrected chi connectivity index (χ1v) is 7.03. The standard InChI is InChI=1S/C15H23N3O/c1-11(2)8-14(16)15(19)18(13-5-6-13)10-12-4-3-7-17-9-12/h3-4,7,9,11,13-14H,5-6,8,10,16H2,1-2H3/t14-/m0/s1. The van der Waals surface area contributed by atoms with Gasteiger partial charge in [-0.05, 0) is 36.8 Å². The van der Waals surface area contributed by atoms with E-state index in [4.69, 9.17) is 5.73 Å². The molecule has 1 fully saturated rings. The number of nitrogens with zero attached hydrogens (tertiary/aromatic N) is 2. The van der Waals surface area contributed by atoms with Gasteiger partial charge < -0.3 is 10.6 Å². The number of carbonyl (C=O) groups excluding carboxylic acids is 1. The number of nitrogens with two attached hydrogens (primary N) is 1. The molecule has 0 saturated heterocycles. The van der Waals surface area contributed by atoms with Crippen LogP contribution in [0.1, 0.15) is 38.7 Å². The predicted molar refractivity (Wildman–Crippen MR) is 75.2 cm³/mol. The van der Waals surface area contributed by atoms with Gasteiger partial charge in [0.25, 0.3) is 0 Å². The summed E-state index contributed by atoms with van der Waals surface area (Å²) < 4.78 is 0. The molecule has 1 saturated carbocycles. The number of rotatable bonds is 6. The van der Waals surface area contributed by atoms with Crippen LogP contribution in [0.3, 0.4) is 0 Å². The first kappa shape index (κ1) is 14.0. The quantitative estimate of drug-likeness (QED) is 0.851. The molecular weight excluding hydrogens is 238 g/mol. The zero-order chi connectivity index (χ0) is 13.8. The Morgan fingerprint density at radius 3 is 2.79 bits per heavy atom. The van der Waals surface area contributed by atoms with Crippen molar-refractivity contribution < 1.29 is 4.79 Å². The first-order valence-electron chi connectivity index (χ1n) is 7.03. The molecule has 1 aromatic rings. The molecule has 1 atom stereocenters. The Bertz CT molecular complexity index is 415. The normalized spacial score (nSPS) is 16.4. The molecule has 2 rings (SSSR count). The van der Waals surface area contributed by atoms with E-state index in [9.17, 15) is 4.79 Å². The fraction of sp³-hybridized carbons (Fsp3) is 0.600. The molecule has 0 bridgehead atoms. The average molecular weight is 261 g/mol. The smallest absolute Gasteiger partial charge is 0.240 e. The van der Waals surface area contributed by atoms with Crippen molar-refractivity contribution in [2.45, 2.75) is 51.7 Å². The molecular formula is C15H23N3O. The molecule has 0 aliphatic heterocycles. The summed E-state index contributed by atoms with van der Waals surface area (Å²) in [6.45, 7) is 4.81. The SMILES string of the molecule is CC(C)C[C@H](N)C(=O)N(Cc1cccnc1)C1CC1. The molecule has 19 heavy (non-hydrogen) atoms. The Hall–Kier alpha value is -1.42. The number of carbonyl (C=O) groups is 1. The lowest BCUT2D eigenvalue weighted by Gasteiger charge is -2.26. The van der Waals surface area contributed by atoms with Gasteiger partial charge in [0.15, 0.2) is 0 Å². The van der Waals surface area contributed by atoms with Crippen molar-refractivity contribution in [3.8, 4) is 0 Å². The van der Waals surface area contributed by atoms with Gasteiger partial charge in [-0.3, -0.25) is 9.78 Å². The van der Waals surface area contributed by atoms with Gasteiger partial charge in [0.05, 0.1) is 6.04 Å². The van der Waals surface area contributed by atoms with Gasteiger partial charge >= 0.3 is 0 Å². The van der Waals surface area contributed by atoms with E-state index in [1.165, 1.54) is 0 Å². The van der Waals surface area contributed by atoms with E-state index < -0.39 is 0 Å². The van der Waals surface area contributed by atoms with Gasteiger partial charge in [0.2, 0.25) is 5.91 Å². The Balaban J connectivity index is 2.01. The zero-order valence-corrected chi connectivity index (χ0v) is 11.7. The van der Waals surface area contributed by atoms with Crippen molar-refractivity contribution in [3.63, 3.8) is 0 Å². The molecule has 0 aromatic carbocycles. The summed E-state index contributed by atoms with van der Waals surface area (Å²) in [5.41, 5.74) is 7.10. The van der Waals surface area contributed by atoms with Crippen LogP contribution in [0.5, 0.6) is 0 Å². The Kier molecular flexibility index (Phi) is 4.53. The van der Waals surface area contributed by atoms with Gasteiger partial charge in [0.1, 0.15) is 0 Å². The highest BCUT2D eigenvalue weighted by atomic mass is 16.2. The second-order valence-corrected chi connectivity index (χ2v) is 5.79. The van der Waals surface area contributed by atoms with Gasteiger partial charge in [-0.2, -0.15) is 0 Å². The van der Waals surface area contributed by atoms with Crippen LogP contribution < -0.4 is 5.73 Å². The summed E-state index contributed by atoms with van der Waals surface area (Å²) >= 11 is 0. The largest absolute Gasteiger partial charge is 0.334 e. The first-order chi connectivity index (χ1) is 9.08. The highest BCUT2D eigenvalue weighted by molar-refractivity contribution is 5.82. The topological polar surface area (TPSA) is 59.2 Å². The highest BCUT2D eigenvalue weighted by Gasteiger charge is 2.34. The lowest BCUT2D eigenvalue weighted by Crippen LogP contribution is -2.45. The molecule has 1 aromatic heterocycles. The van der Waals surface area contributed by atoms with Crippen molar-refractivity contribution in [2.75, 3.05) is 0 Å². The van der Waals surface area contributed by atoms with Gasteiger partial charge in [-0.15, -0.1) is 0 Å². The maximum Gasteiger partial charge on any atom is 0.240 e. The summed E-state index contributed by atoms with van der Waals surface area (Å²) in [4.78, 5) is 18.5. The van der Waals surface area contributed by atoms with E-state index in [2.05, 4.69) is 18.8 Å². The summed E-state index contributed by atoms with van der Waals surface area (Å²) in [7, 11) is 0. The summed E-state index contributed by atoms with van der Waals surface area (Å²) in [6, 6.07) is 3.91. The van der Waals surface area contributed by atoms with Crippen LogP contribution in [0.4, 0.5) is 0 Å². The molecule has 1 aliphatic rings. The monoisotopic (exact) mass is 261 g/mol. The minimum absolute atomic E-state index is 0.0834. The Morgan fingerprint density at radius 2 is 2.26 bits per heavy atom. The van der Waals surface area contributed by atoms with Gasteiger partial charge in [0, 0.05) is 25.0 Å². The average Bonchev–Trinajstić information content (AvgIpc) is 3.20. The second-order valence-electron chi connectivity index (χ2n) is 5.79. The Morgan fingerprint density at radius 1 is 1.53 bits per heavy atom. The maximum absolute atomic E-state index is 12.4. The van der Waals surface area contributed by atoms with Crippen molar-refractivity contribution in [3.05, 3.63) is 30.1 Å². The summed E-state index contributed by atoms with van der Waals surface area (Å²) in [5.74, 6) is 0.526. The Labute approximate surface area is 115 Å². The second kappa shape index (κ2) is 6.15. The van der Waals surface area contributed by atoms with E-state index in [1.807, 2.05) is 23.2 Å². The van der Waals surface area contributed by atoms with Crippen LogP contribution in [-0.2, 0) is 11.3 Å². The molecule has 1 aliphatic carbocycles. The highest BCUT2D eigenvalue weighted by Crippen LogP contribution is 2.29. The van der Waals surface area contributed by atoms with E-state index in [-0.39, 0.29) is 11.9 Å². The predicted octanol–water partition coefficient (Wildman–Crippen LogP) is 1.95. The van der Waals surface area contributed by atoms with Crippen LogP contribution in [0.15, 0.2) is 24.5 Å². The fourth-order valence-electron chi connectivity index (χ4n) is 2.28. The van der Waals surface area contributed by atoms with E-state index in [0.29, 0.717) is 18.5 Å². The third-order valence-electron chi connectivity index (χ3n) is 3.39. The van der Waals surface area contributed by atoms with Crippen molar-refractivity contribution >= 4 is 5.91 Å². The number of hydrogen-bond donors (Lipinski definition) is 1. The molecule has 1 amide bonds. The van der Waals surface area contributed by atoms with Crippen LogP contribution in [0, 0.1) is 5.92 Å². The molecule has 4 heteroatoms. The van der Waals surface area contributed by atoms with E-state index in [0.717, 1.165) is 24.8 Å². The van der Waals surface area contributed by atoms with Crippen LogP contribution >= 0.6 is 0 Å². The van der Waals surface area contributed by atoms with Crippen molar-refractivity contribution in [2.24, 2.45) is 11.7 Å². The van der Waals surface area contributed by atoms with Crippen molar-refractivity contribution in [1.29, 1.82) is 0 Å². The summed E-state index contributed by atoms with van der Waals surface area (Å²) in [6.07, 6.45) is 6.50. The number of amides is 1.